The first-order valence-corrected chi connectivity index (χ1v) is 24.7. The lowest BCUT2D eigenvalue weighted by Crippen LogP contribution is -2.16. The molecule has 0 aliphatic rings. The Bertz CT molecular complexity index is 3070. The number of amides is 1. The molecule has 0 unspecified atom stereocenters. The van der Waals surface area contributed by atoms with Crippen molar-refractivity contribution >= 4 is 115 Å². The van der Waals surface area contributed by atoms with E-state index in [-0.39, 0.29) is 84.7 Å². The van der Waals surface area contributed by atoms with Gasteiger partial charge in [-0.2, -0.15) is 27.1 Å². The monoisotopic (exact) mass is 1020 g/mol. The quantitative estimate of drug-likeness (QED) is 0.00765. The number of hydrogen-bond donors (Lipinski definition) is 7. The van der Waals surface area contributed by atoms with Gasteiger partial charge < -0.3 is 16.2 Å². The van der Waals surface area contributed by atoms with Crippen LogP contribution in [0.2, 0.25) is 0 Å². The van der Waals surface area contributed by atoms with Gasteiger partial charge in [0.25, 0.3) is 16.0 Å². The van der Waals surface area contributed by atoms with Crippen LogP contribution in [0.1, 0.15) is 10.4 Å². The topological polar surface area (TPSA) is 398 Å². The van der Waals surface area contributed by atoms with Crippen LogP contribution in [-0.4, -0.2) is 89.0 Å². The van der Waals surface area contributed by atoms with Crippen molar-refractivity contribution in [1.82, 2.24) is 0 Å². The van der Waals surface area contributed by atoms with E-state index in [9.17, 15) is 48.1 Å². The number of carbonyl (C=O) groups excluding carboxylic acids is 1. The molecule has 0 spiro atoms. The van der Waals surface area contributed by atoms with Crippen molar-refractivity contribution in [2.45, 2.75) is 19.6 Å². The predicted molar refractivity (Wildman–Crippen MR) is 226 cm³/mol. The minimum absolute atomic E-state index is 0.0167. The van der Waals surface area contributed by atoms with E-state index in [1.165, 1.54) is 72.8 Å². The number of phenolic OH excluding ortho intramolecular Hbond substituents is 1. The molecule has 0 aromatic heterocycles. The first-order chi connectivity index (χ1) is 30.6. The summed E-state index contributed by atoms with van der Waals surface area (Å²) in [5.41, 5.74) is 4.93. The van der Waals surface area contributed by atoms with Gasteiger partial charge in [-0.15, -0.1) is 18.9 Å². The number of azo groups is 2. The summed E-state index contributed by atoms with van der Waals surface area (Å²) in [7, 11) is -17.9. The van der Waals surface area contributed by atoms with Crippen LogP contribution in [0.15, 0.2) is 125 Å². The summed E-state index contributed by atoms with van der Waals surface area (Å²) in [4.78, 5) is 11.6. The Morgan fingerprint density at radius 2 is 1.31 bits per heavy atom. The van der Waals surface area contributed by atoms with Crippen LogP contribution < -0.4 is 11.1 Å². The van der Waals surface area contributed by atoms with Gasteiger partial charge in [0.1, 0.15) is 16.3 Å². The maximum atomic E-state index is 13.0. The van der Waals surface area contributed by atoms with E-state index in [0.717, 1.165) is 12.1 Å². The fourth-order valence-electron chi connectivity index (χ4n) is 5.30. The molecule has 0 saturated carbocycles. The van der Waals surface area contributed by atoms with Crippen molar-refractivity contribution in [2.24, 2.45) is 20.5 Å². The van der Waals surface area contributed by atoms with Crippen LogP contribution >= 0.6 is 24.4 Å². The zero-order chi connectivity index (χ0) is 47.6. The van der Waals surface area contributed by atoms with Gasteiger partial charge in [-0.1, -0.05) is 16.1 Å². The molecule has 32 heteroatoms. The Hall–Kier alpha value is -5.27. The summed E-state index contributed by atoms with van der Waals surface area (Å²) in [6.45, 7) is -1.20. The summed E-state index contributed by atoms with van der Waals surface area (Å²) in [5.74, 6) is -2.75. The van der Waals surface area contributed by atoms with Crippen molar-refractivity contribution in [3.8, 4) is 5.75 Å². The molecule has 1 amide bonds. The first kappa shape index (κ1) is 50.7. The number of hydrogen-bond acceptors (Lipinski definition) is 25. The molecule has 8 N–H and O–H groups in total. The summed E-state index contributed by atoms with van der Waals surface area (Å²) in [5, 5.41) is 53.3. The van der Waals surface area contributed by atoms with Gasteiger partial charge in [-0.25, -0.2) is 31.5 Å². The number of benzene rings is 5. The number of anilines is 2. The number of rotatable bonds is 22. The fourth-order valence-corrected chi connectivity index (χ4v) is 9.41. The highest BCUT2D eigenvalue weighted by molar-refractivity contribution is 7.94. The van der Waals surface area contributed by atoms with Gasteiger partial charge in [0, 0.05) is 11.3 Å². The highest BCUT2D eigenvalue weighted by atomic mass is 32.3. The Kier molecular flexibility index (Phi) is 17.0. The molecular formula is C33H30N6O20S6. The van der Waals surface area contributed by atoms with Crippen LogP contribution in [0.3, 0.4) is 0 Å². The molecule has 348 valence electrons. The SMILES string of the molecule is Nc1c(N=Nc2ccc(C(=O)Nc3cccc(S(=O)(=O)CCOS(=O)(=O)O)c3)cc2)c(S(=O)(=O)O)cc2cc(SOOO)c(N=Nc3ccc(S(=O)(=O)CCOSOOO)cc3)c(O)c12. The van der Waals surface area contributed by atoms with E-state index < -0.39 is 86.2 Å². The standard InChI is InChI=1S/C33H30N6O20S6/c34-29-28-20(16-26(60-58-56-42)30(32(28)40)38-36-22-8-10-24(11-9-22)62(44,45)14-12-54-61-59-57-43)17-27(64(48,49)50)31(29)39-37-21-6-4-19(5-7-21)33(41)35-23-2-1-3-25(18-23)63(46,47)15-13-55-65(51,52)53/h1-11,16-18,40,42-43H,12-15,34H2,(H,35,41)(H,48,49,50)(H,51,52,53). The lowest BCUT2D eigenvalue weighted by Gasteiger charge is -2.14. The Labute approximate surface area is 375 Å². The molecule has 0 radical (unpaired) electrons. The molecule has 0 atom stereocenters. The van der Waals surface area contributed by atoms with Crippen molar-refractivity contribution in [3.63, 3.8) is 0 Å². The minimum Gasteiger partial charge on any atom is -0.505 e. The van der Waals surface area contributed by atoms with Gasteiger partial charge in [-0.05, 0) is 84.2 Å². The maximum absolute atomic E-state index is 13.0. The second-order valence-corrected chi connectivity index (χ2v) is 20.3. The van der Waals surface area contributed by atoms with Crippen LogP contribution in [0.25, 0.3) is 10.8 Å². The number of nitrogens with one attached hydrogen (secondary N) is 1. The summed E-state index contributed by atoms with van der Waals surface area (Å²) < 4.78 is 133. The van der Waals surface area contributed by atoms with Gasteiger partial charge in [-0.3, -0.25) is 18.1 Å². The highest BCUT2D eigenvalue weighted by Crippen LogP contribution is 2.49. The molecular weight excluding hydrogens is 993 g/mol. The maximum Gasteiger partial charge on any atom is 0.397 e. The molecule has 65 heavy (non-hydrogen) atoms. The Balaban J connectivity index is 1.41. The Morgan fingerprint density at radius 3 is 1.92 bits per heavy atom. The fraction of sp³-hybridized carbons (Fsp3) is 0.121. The molecule has 5 aromatic rings. The van der Waals surface area contributed by atoms with Crippen molar-refractivity contribution in [3.05, 3.63) is 90.5 Å². The summed E-state index contributed by atoms with van der Waals surface area (Å²) in [6.07, 6.45) is 0. The second-order valence-electron chi connectivity index (χ2n) is 12.4. The number of aromatic hydroxyl groups is 1. The molecule has 0 aliphatic heterocycles. The van der Waals surface area contributed by atoms with E-state index in [2.05, 4.69) is 48.7 Å². The lowest BCUT2D eigenvalue weighted by atomic mass is 10.1. The van der Waals surface area contributed by atoms with Gasteiger partial charge in [0.05, 0.1) is 73.9 Å². The third kappa shape index (κ3) is 13.9. The molecule has 0 fully saturated rings. The highest BCUT2D eigenvalue weighted by Gasteiger charge is 2.26. The van der Waals surface area contributed by atoms with E-state index >= 15 is 0 Å². The average molecular weight is 1020 g/mol. The summed E-state index contributed by atoms with van der Waals surface area (Å²) in [6, 6.07) is 17.1. The zero-order valence-corrected chi connectivity index (χ0v) is 37.0. The molecule has 5 rings (SSSR count). The number of fused-ring (bicyclic) bond motifs is 1. The van der Waals surface area contributed by atoms with Gasteiger partial charge in [0.2, 0.25) is 0 Å². The third-order valence-corrected chi connectivity index (χ3v) is 13.9. The van der Waals surface area contributed by atoms with Crippen LogP contribution in [-0.2, 0) is 67.3 Å². The molecule has 0 saturated heterocycles. The van der Waals surface area contributed by atoms with E-state index in [0.29, 0.717) is 0 Å². The van der Waals surface area contributed by atoms with Crippen LogP contribution in [0.4, 0.5) is 34.1 Å². The van der Waals surface area contributed by atoms with Crippen molar-refractivity contribution < 1.29 is 90.3 Å². The van der Waals surface area contributed by atoms with Crippen LogP contribution in [0.5, 0.6) is 5.75 Å². The molecule has 0 aliphatic carbocycles. The minimum atomic E-state index is -5.11. The van der Waals surface area contributed by atoms with Crippen LogP contribution in [0, 0.1) is 0 Å². The Morgan fingerprint density at radius 1 is 0.708 bits per heavy atom. The van der Waals surface area contributed by atoms with E-state index in [1.54, 1.807) is 0 Å². The van der Waals surface area contributed by atoms with E-state index in [1.807, 2.05) is 0 Å². The van der Waals surface area contributed by atoms with Crippen molar-refractivity contribution in [1.29, 1.82) is 0 Å². The third-order valence-electron chi connectivity index (χ3n) is 8.18. The zero-order valence-electron chi connectivity index (χ0n) is 32.1. The van der Waals surface area contributed by atoms with Gasteiger partial charge >= 0.3 is 10.4 Å². The second kappa shape index (κ2) is 21.8. The number of carbonyl (C=O) groups is 1. The number of nitrogens with zero attached hydrogens (tertiary/aromatic N) is 4. The smallest absolute Gasteiger partial charge is 0.397 e. The number of nitrogens with two attached hydrogens (primary N) is 1. The number of sulfone groups is 2. The van der Waals surface area contributed by atoms with E-state index in [4.69, 9.17) is 25.0 Å². The lowest BCUT2D eigenvalue weighted by molar-refractivity contribution is -0.434. The normalized spacial score (nSPS) is 12.7. The number of phenols is 1. The first-order valence-electron chi connectivity index (χ1n) is 17.2. The predicted octanol–water partition coefficient (Wildman–Crippen LogP) is 6.25. The summed E-state index contributed by atoms with van der Waals surface area (Å²) >= 11 is 0.485. The number of nitrogen functional groups attached to an aromatic ring is 1. The van der Waals surface area contributed by atoms with Crippen molar-refractivity contribution in [2.75, 3.05) is 35.8 Å². The average Bonchev–Trinajstić information content (AvgIpc) is 3.24. The molecule has 26 nitrogen and oxygen atoms in total. The van der Waals surface area contributed by atoms with Gasteiger partial charge in [0.15, 0.2) is 37.7 Å². The molecule has 0 bridgehead atoms. The molecule has 5 aromatic carbocycles. The molecule has 0 heterocycles. The largest absolute Gasteiger partial charge is 0.505 e.